The van der Waals surface area contributed by atoms with Crippen molar-refractivity contribution < 1.29 is 9.53 Å². The summed E-state index contributed by atoms with van der Waals surface area (Å²) < 4.78 is 5.90. The average molecular weight is 415 g/mol. The molecule has 2 aromatic carbocycles. The van der Waals surface area contributed by atoms with E-state index < -0.39 is 6.10 Å². The molecule has 0 bridgehead atoms. The molecule has 1 amide bonds. The molecule has 5 heteroatoms. The second-order valence-corrected chi connectivity index (χ2v) is 8.21. The van der Waals surface area contributed by atoms with E-state index in [2.05, 4.69) is 34.5 Å². The number of nitrogens with zero attached hydrogens (tertiary/aromatic N) is 1. The zero-order chi connectivity index (χ0) is 20.6. The number of hydrogen-bond acceptors (Lipinski definition) is 3. The molecule has 0 spiro atoms. The van der Waals surface area contributed by atoms with Gasteiger partial charge in [-0.25, -0.2) is 0 Å². The van der Waals surface area contributed by atoms with E-state index >= 15 is 0 Å². The summed E-state index contributed by atoms with van der Waals surface area (Å²) in [4.78, 5) is 15.1. The Morgan fingerprint density at radius 1 is 1.14 bits per heavy atom. The van der Waals surface area contributed by atoms with Crippen molar-refractivity contribution >= 4 is 17.5 Å². The summed E-state index contributed by atoms with van der Waals surface area (Å²) in [5.74, 6) is 0.568. The first-order valence-electron chi connectivity index (χ1n) is 10.6. The fourth-order valence-electron chi connectivity index (χ4n) is 3.69. The van der Waals surface area contributed by atoms with Gasteiger partial charge >= 0.3 is 0 Å². The number of aryl methyl sites for hydroxylation is 1. The zero-order valence-corrected chi connectivity index (χ0v) is 18.2. The van der Waals surface area contributed by atoms with Gasteiger partial charge in [-0.05, 0) is 74.2 Å². The number of halogens is 1. The van der Waals surface area contributed by atoms with Crippen LogP contribution in [0.2, 0.25) is 5.02 Å². The third kappa shape index (κ3) is 6.48. The van der Waals surface area contributed by atoms with Gasteiger partial charge in [-0.2, -0.15) is 0 Å². The van der Waals surface area contributed by atoms with Crippen LogP contribution in [0, 0.1) is 6.92 Å². The summed E-state index contributed by atoms with van der Waals surface area (Å²) in [5.41, 5.74) is 3.36. The first-order valence-corrected chi connectivity index (χ1v) is 10.9. The first-order chi connectivity index (χ1) is 14.0. The maximum atomic E-state index is 12.6. The van der Waals surface area contributed by atoms with E-state index in [0.717, 1.165) is 17.7 Å². The number of ether oxygens (including phenoxy) is 1. The molecule has 1 heterocycles. The molecule has 29 heavy (non-hydrogen) atoms. The van der Waals surface area contributed by atoms with Gasteiger partial charge < -0.3 is 10.1 Å². The molecule has 1 saturated heterocycles. The number of piperidine rings is 1. The first kappa shape index (κ1) is 21.7. The Labute approximate surface area is 179 Å². The van der Waals surface area contributed by atoms with Crippen LogP contribution in [-0.4, -0.2) is 30.0 Å². The Bertz CT molecular complexity index is 818. The van der Waals surface area contributed by atoms with Crippen LogP contribution in [-0.2, 0) is 17.9 Å². The van der Waals surface area contributed by atoms with E-state index in [0.29, 0.717) is 23.7 Å². The Hall–Kier alpha value is -2.04. The van der Waals surface area contributed by atoms with Gasteiger partial charge in [-0.3, -0.25) is 9.69 Å². The van der Waals surface area contributed by atoms with E-state index in [1.807, 2.05) is 19.9 Å². The van der Waals surface area contributed by atoms with Crippen molar-refractivity contribution in [3.63, 3.8) is 0 Å². The minimum atomic E-state index is -0.521. The molecule has 0 saturated carbocycles. The van der Waals surface area contributed by atoms with Gasteiger partial charge in [0, 0.05) is 18.1 Å². The third-order valence-electron chi connectivity index (χ3n) is 5.38. The number of benzene rings is 2. The average Bonchev–Trinajstić information content (AvgIpc) is 2.74. The van der Waals surface area contributed by atoms with Crippen molar-refractivity contribution in [3.8, 4) is 5.75 Å². The van der Waals surface area contributed by atoms with Crippen molar-refractivity contribution in [1.82, 2.24) is 10.2 Å². The van der Waals surface area contributed by atoms with E-state index in [1.54, 1.807) is 12.1 Å². The van der Waals surface area contributed by atoms with Crippen LogP contribution in [0.4, 0.5) is 0 Å². The minimum absolute atomic E-state index is 0.0958. The van der Waals surface area contributed by atoms with Crippen LogP contribution in [0.25, 0.3) is 0 Å². The van der Waals surface area contributed by atoms with Crippen LogP contribution < -0.4 is 10.1 Å². The molecule has 1 fully saturated rings. The highest BCUT2D eigenvalue weighted by Gasteiger charge is 2.18. The maximum absolute atomic E-state index is 12.6. The van der Waals surface area contributed by atoms with E-state index in [4.69, 9.17) is 16.3 Å². The fourth-order valence-corrected chi connectivity index (χ4v) is 3.81. The molecule has 0 aliphatic carbocycles. The predicted octanol–water partition coefficient (Wildman–Crippen LogP) is 5.11. The van der Waals surface area contributed by atoms with E-state index in [9.17, 15) is 4.79 Å². The lowest BCUT2D eigenvalue weighted by Crippen LogP contribution is -2.37. The Morgan fingerprint density at radius 2 is 1.90 bits per heavy atom. The lowest BCUT2D eigenvalue weighted by atomic mass is 10.1. The largest absolute Gasteiger partial charge is 0.481 e. The summed E-state index contributed by atoms with van der Waals surface area (Å²) in [7, 11) is 0. The monoisotopic (exact) mass is 414 g/mol. The van der Waals surface area contributed by atoms with Crippen LogP contribution in [0.15, 0.2) is 42.5 Å². The van der Waals surface area contributed by atoms with Gasteiger partial charge in [-0.1, -0.05) is 49.2 Å². The molecule has 1 N–H and O–H groups in total. The molecule has 0 aromatic heterocycles. The van der Waals surface area contributed by atoms with Crippen molar-refractivity contribution in [3.05, 3.63) is 64.2 Å². The molecule has 0 radical (unpaired) electrons. The molecule has 1 unspecified atom stereocenters. The second kappa shape index (κ2) is 10.7. The van der Waals surface area contributed by atoms with Crippen LogP contribution >= 0.6 is 11.6 Å². The number of carbonyl (C=O) groups is 1. The van der Waals surface area contributed by atoms with E-state index in [-0.39, 0.29) is 5.91 Å². The normalized spacial score (nSPS) is 15.7. The van der Waals surface area contributed by atoms with Crippen LogP contribution in [0.3, 0.4) is 0 Å². The molecular weight excluding hydrogens is 384 g/mol. The standard InChI is InChI=1S/C24H31ClN2O2/c1-3-23(29-21-10-11-22(25)18(2)14-21)24(28)26-16-19-8-7-9-20(15-19)17-27-12-5-4-6-13-27/h7-11,14-15,23H,3-6,12-13,16-17H2,1-2H3,(H,26,28). The molecule has 4 nitrogen and oxygen atoms in total. The molecule has 2 aromatic rings. The number of amides is 1. The summed E-state index contributed by atoms with van der Waals surface area (Å²) in [6.45, 7) is 7.73. The minimum Gasteiger partial charge on any atom is -0.481 e. The van der Waals surface area contributed by atoms with Crippen molar-refractivity contribution in [2.75, 3.05) is 13.1 Å². The number of likely N-dealkylation sites (tertiary alicyclic amines) is 1. The highest BCUT2D eigenvalue weighted by Crippen LogP contribution is 2.22. The van der Waals surface area contributed by atoms with Crippen molar-refractivity contribution in [2.45, 2.75) is 58.7 Å². The van der Waals surface area contributed by atoms with Gasteiger partial charge in [0.1, 0.15) is 5.75 Å². The lowest BCUT2D eigenvalue weighted by Gasteiger charge is -2.26. The molecule has 1 aliphatic heterocycles. The Morgan fingerprint density at radius 3 is 2.62 bits per heavy atom. The number of hydrogen-bond donors (Lipinski definition) is 1. The Balaban J connectivity index is 1.54. The smallest absolute Gasteiger partial charge is 0.261 e. The van der Waals surface area contributed by atoms with Crippen LogP contribution in [0.1, 0.15) is 49.3 Å². The van der Waals surface area contributed by atoms with Crippen molar-refractivity contribution in [1.29, 1.82) is 0 Å². The zero-order valence-electron chi connectivity index (χ0n) is 17.4. The molecule has 156 valence electrons. The highest BCUT2D eigenvalue weighted by atomic mass is 35.5. The lowest BCUT2D eigenvalue weighted by molar-refractivity contribution is -0.128. The summed E-state index contributed by atoms with van der Waals surface area (Å²) in [6.07, 6.45) is 4.01. The highest BCUT2D eigenvalue weighted by molar-refractivity contribution is 6.31. The molecular formula is C24H31ClN2O2. The Kier molecular flexibility index (Phi) is 7.96. The van der Waals surface area contributed by atoms with E-state index in [1.165, 1.54) is 37.9 Å². The summed E-state index contributed by atoms with van der Waals surface area (Å²) in [6, 6.07) is 14.0. The summed E-state index contributed by atoms with van der Waals surface area (Å²) >= 11 is 6.07. The number of rotatable bonds is 8. The SMILES string of the molecule is CCC(Oc1ccc(Cl)c(C)c1)C(=O)NCc1cccc(CN2CCCCC2)c1. The van der Waals surface area contributed by atoms with Crippen LogP contribution in [0.5, 0.6) is 5.75 Å². The summed E-state index contributed by atoms with van der Waals surface area (Å²) in [5, 5.41) is 3.72. The van der Waals surface area contributed by atoms with Gasteiger partial charge in [0.05, 0.1) is 0 Å². The quantitative estimate of drug-likeness (QED) is 0.652. The van der Waals surface area contributed by atoms with Gasteiger partial charge in [0.2, 0.25) is 0 Å². The second-order valence-electron chi connectivity index (χ2n) is 7.80. The van der Waals surface area contributed by atoms with Crippen molar-refractivity contribution in [2.24, 2.45) is 0 Å². The molecule has 1 aliphatic rings. The van der Waals surface area contributed by atoms with Gasteiger partial charge in [0.15, 0.2) is 6.10 Å². The maximum Gasteiger partial charge on any atom is 0.261 e. The van der Waals surface area contributed by atoms with Gasteiger partial charge in [0.25, 0.3) is 5.91 Å². The van der Waals surface area contributed by atoms with Gasteiger partial charge in [-0.15, -0.1) is 0 Å². The third-order valence-corrected chi connectivity index (χ3v) is 5.81. The number of nitrogens with one attached hydrogen (secondary N) is 1. The topological polar surface area (TPSA) is 41.6 Å². The predicted molar refractivity (Wildman–Crippen MR) is 118 cm³/mol. The molecule has 3 rings (SSSR count). The molecule has 1 atom stereocenters. The number of carbonyl (C=O) groups excluding carboxylic acids is 1. The fraction of sp³-hybridized carbons (Fsp3) is 0.458.